The average Bonchev–Trinajstić information content (AvgIpc) is 3.23. The second-order valence-electron chi connectivity index (χ2n) is 8.00. The maximum atomic E-state index is 14.1. The number of benzene rings is 2. The van der Waals surface area contributed by atoms with Gasteiger partial charge in [0, 0.05) is 49.7 Å². The molecule has 5 rings (SSSR count). The molecule has 0 radical (unpaired) electrons. The van der Waals surface area contributed by atoms with Crippen LogP contribution in [-0.4, -0.2) is 55.2 Å². The van der Waals surface area contributed by atoms with E-state index < -0.39 is 0 Å². The van der Waals surface area contributed by atoms with E-state index in [1.165, 1.54) is 6.07 Å². The number of amides is 1. The van der Waals surface area contributed by atoms with Gasteiger partial charge in [-0.15, -0.1) is 0 Å². The normalized spacial score (nSPS) is 16.0. The third-order valence-corrected chi connectivity index (χ3v) is 6.09. The lowest BCUT2D eigenvalue weighted by molar-refractivity contribution is -0.131. The van der Waals surface area contributed by atoms with Gasteiger partial charge in [-0.05, 0) is 42.7 Å². The largest absolute Gasteiger partial charge is 0.486 e. The van der Waals surface area contributed by atoms with Gasteiger partial charge in [0.25, 0.3) is 0 Å². The Balaban J connectivity index is 1.15. The van der Waals surface area contributed by atoms with Crippen LogP contribution in [-0.2, 0) is 11.2 Å². The van der Waals surface area contributed by atoms with E-state index in [-0.39, 0.29) is 11.7 Å². The zero-order valence-electron chi connectivity index (χ0n) is 17.4. The van der Waals surface area contributed by atoms with Crippen LogP contribution in [0.2, 0.25) is 0 Å². The highest BCUT2D eigenvalue weighted by atomic mass is 19.1. The van der Waals surface area contributed by atoms with Gasteiger partial charge in [0.15, 0.2) is 11.5 Å². The van der Waals surface area contributed by atoms with E-state index in [2.05, 4.69) is 9.88 Å². The van der Waals surface area contributed by atoms with Gasteiger partial charge in [0.2, 0.25) is 5.91 Å². The van der Waals surface area contributed by atoms with Crippen LogP contribution in [0.3, 0.4) is 0 Å². The number of para-hydroxylation sites is 1. The number of hydrogen-bond acceptors (Lipinski definition) is 4. The van der Waals surface area contributed by atoms with Gasteiger partial charge in [-0.1, -0.05) is 12.1 Å². The molecular formula is C24H26FN3O3. The number of carbonyl (C=O) groups excluding carboxylic acids is 1. The molecular weight excluding hydrogens is 397 g/mol. The van der Waals surface area contributed by atoms with Gasteiger partial charge in [0.1, 0.15) is 19.0 Å². The first-order valence-corrected chi connectivity index (χ1v) is 10.9. The smallest absolute Gasteiger partial charge is 0.222 e. The van der Waals surface area contributed by atoms with Crippen molar-refractivity contribution in [2.45, 2.75) is 19.3 Å². The Labute approximate surface area is 180 Å². The molecule has 7 heteroatoms. The molecule has 0 saturated carbocycles. The summed E-state index contributed by atoms with van der Waals surface area (Å²) in [4.78, 5) is 20.0. The predicted octanol–water partition coefficient (Wildman–Crippen LogP) is 3.75. The lowest BCUT2D eigenvalue weighted by atomic mass is 10.1. The highest BCUT2D eigenvalue weighted by Crippen LogP contribution is 2.39. The number of aromatic amines is 1. The summed E-state index contributed by atoms with van der Waals surface area (Å²) < 4.78 is 25.6. The molecule has 3 heterocycles. The van der Waals surface area contributed by atoms with E-state index in [0.29, 0.717) is 51.0 Å². The van der Waals surface area contributed by atoms with Gasteiger partial charge in [-0.25, -0.2) is 4.39 Å². The van der Waals surface area contributed by atoms with Crippen LogP contribution in [0, 0.1) is 5.82 Å². The van der Waals surface area contributed by atoms with Crippen LogP contribution < -0.4 is 14.4 Å². The Morgan fingerprint density at radius 1 is 1.03 bits per heavy atom. The van der Waals surface area contributed by atoms with Gasteiger partial charge >= 0.3 is 0 Å². The molecule has 0 atom stereocenters. The van der Waals surface area contributed by atoms with Crippen molar-refractivity contribution in [2.24, 2.45) is 0 Å². The first-order chi connectivity index (χ1) is 15.2. The minimum absolute atomic E-state index is 0.162. The van der Waals surface area contributed by atoms with Crippen LogP contribution in [0.5, 0.6) is 11.5 Å². The van der Waals surface area contributed by atoms with E-state index in [0.717, 1.165) is 41.4 Å². The highest BCUT2D eigenvalue weighted by Gasteiger charge is 2.25. The second kappa shape index (κ2) is 8.49. The molecule has 1 aromatic heterocycles. The number of piperazine rings is 1. The third kappa shape index (κ3) is 3.92. The fraction of sp³-hybridized carbons (Fsp3) is 0.375. The minimum atomic E-state index is -0.214. The first kappa shape index (κ1) is 19.7. The van der Waals surface area contributed by atoms with Crippen LogP contribution in [0.1, 0.15) is 18.4 Å². The zero-order valence-corrected chi connectivity index (χ0v) is 17.4. The summed E-state index contributed by atoms with van der Waals surface area (Å²) in [6.45, 7) is 4.03. The maximum absolute atomic E-state index is 14.1. The number of aromatic nitrogens is 1. The third-order valence-electron chi connectivity index (χ3n) is 6.09. The van der Waals surface area contributed by atoms with Crippen LogP contribution in [0.4, 0.5) is 10.1 Å². The Hall–Kier alpha value is -3.22. The van der Waals surface area contributed by atoms with Crippen molar-refractivity contribution in [3.8, 4) is 11.5 Å². The van der Waals surface area contributed by atoms with E-state index >= 15 is 0 Å². The molecule has 1 fully saturated rings. The summed E-state index contributed by atoms with van der Waals surface area (Å²) in [5, 5.41) is 0.640. The zero-order chi connectivity index (χ0) is 21.2. The molecule has 2 aliphatic heterocycles. The Morgan fingerprint density at radius 2 is 1.84 bits per heavy atom. The van der Waals surface area contributed by atoms with Gasteiger partial charge < -0.3 is 24.3 Å². The van der Waals surface area contributed by atoms with Gasteiger partial charge in [-0.3, -0.25) is 4.79 Å². The Bertz CT molecular complexity index is 1090. The molecule has 3 aromatic rings. The number of halogens is 1. The van der Waals surface area contributed by atoms with Crippen LogP contribution in [0.25, 0.3) is 10.9 Å². The number of nitrogens with one attached hydrogen (secondary N) is 1. The molecule has 1 N–H and O–H groups in total. The summed E-state index contributed by atoms with van der Waals surface area (Å²) in [5.41, 5.74) is 2.77. The fourth-order valence-corrected chi connectivity index (χ4v) is 4.50. The molecule has 0 aliphatic carbocycles. The molecule has 31 heavy (non-hydrogen) atoms. The topological polar surface area (TPSA) is 57.8 Å². The fourth-order valence-electron chi connectivity index (χ4n) is 4.50. The lowest BCUT2D eigenvalue weighted by Gasteiger charge is -2.37. The van der Waals surface area contributed by atoms with Crippen LogP contribution in [0.15, 0.2) is 42.6 Å². The monoisotopic (exact) mass is 423 g/mol. The van der Waals surface area contributed by atoms with Crippen LogP contribution >= 0.6 is 0 Å². The minimum Gasteiger partial charge on any atom is -0.486 e. The number of fused-ring (bicyclic) bond motifs is 2. The van der Waals surface area contributed by atoms with Crippen molar-refractivity contribution in [1.29, 1.82) is 0 Å². The molecule has 162 valence electrons. The number of rotatable bonds is 5. The molecule has 2 aromatic carbocycles. The number of H-pyrrole nitrogens is 1. The van der Waals surface area contributed by atoms with Gasteiger partial charge in [-0.2, -0.15) is 0 Å². The average molecular weight is 423 g/mol. The molecule has 0 spiro atoms. The number of anilines is 1. The summed E-state index contributed by atoms with van der Waals surface area (Å²) in [6, 6.07) is 11.0. The van der Waals surface area contributed by atoms with E-state index in [1.807, 2.05) is 35.4 Å². The lowest BCUT2D eigenvalue weighted by Crippen LogP contribution is -2.49. The summed E-state index contributed by atoms with van der Waals surface area (Å²) in [6.07, 6.45) is 3.71. The molecule has 0 unspecified atom stereocenters. The number of carbonyl (C=O) groups is 1. The van der Waals surface area contributed by atoms with Crippen molar-refractivity contribution in [3.05, 3.63) is 54.0 Å². The number of nitrogens with zero attached hydrogens (tertiary/aromatic N) is 2. The molecule has 1 amide bonds. The van der Waals surface area contributed by atoms with Crippen molar-refractivity contribution in [3.63, 3.8) is 0 Å². The first-order valence-electron chi connectivity index (χ1n) is 10.9. The van der Waals surface area contributed by atoms with Crippen molar-refractivity contribution < 1.29 is 18.7 Å². The maximum Gasteiger partial charge on any atom is 0.222 e. The standard InChI is InChI=1S/C24H26FN3O3/c25-18-5-2-6-19-23(18)17(16-26-19)4-1-9-22(29)28-12-10-27(11-13-28)20-7-3-8-21-24(20)31-15-14-30-21/h2-3,5-8,16,26H,1,4,9-15H2. The van der Waals surface area contributed by atoms with E-state index in [1.54, 1.807) is 6.07 Å². The quantitative estimate of drug-likeness (QED) is 0.679. The number of hydrogen-bond donors (Lipinski definition) is 1. The summed E-state index contributed by atoms with van der Waals surface area (Å²) in [7, 11) is 0. The second-order valence-corrected chi connectivity index (χ2v) is 8.00. The SMILES string of the molecule is O=C(CCCc1c[nH]c2cccc(F)c12)N1CCN(c2cccc3c2OCCO3)CC1. The molecule has 1 saturated heterocycles. The van der Waals surface area contributed by atoms with E-state index in [4.69, 9.17) is 9.47 Å². The predicted molar refractivity (Wildman–Crippen MR) is 117 cm³/mol. The number of aryl methyl sites for hydroxylation is 1. The Morgan fingerprint density at radius 3 is 2.71 bits per heavy atom. The molecule has 6 nitrogen and oxygen atoms in total. The Kier molecular flexibility index (Phi) is 5.40. The van der Waals surface area contributed by atoms with Gasteiger partial charge in [0.05, 0.1) is 5.69 Å². The summed E-state index contributed by atoms with van der Waals surface area (Å²) >= 11 is 0. The van der Waals surface area contributed by atoms with Crippen molar-refractivity contribution in [1.82, 2.24) is 9.88 Å². The van der Waals surface area contributed by atoms with Crippen molar-refractivity contribution >= 4 is 22.5 Å². The number of ether oxygens (including phenoxy) is 2. The molecule has 0 bridgehead atoms. The van der Waals surface area contributed by atoms with Crippen molar-refractivity contribution in [2.75, 3.05) is 44.3 Å². The highest BCUT2D eigenvalue weighted by molar-refractivity contribution is 5.84. The summed E-state index contributed by atoms with van der Waals surface area (Å²) in [5.74, 6) is 1.54. The van der Waals surface area contributed by atoms with E-state index in [9.17, 15) is 9.18 Å². The molecule has 2 aliphatic rings.